The number of hydrogen-bond donors (Lipinski definition) is 0. The van der Waals surface area contributed by atoms with Gasteiger partial charge in [0.1, 0.15) is 25.1 Å². The van der Waals surface area contributed by atoms with E-state index in [9.17, 15) is 22.8 Å². The van der Waals surface area contributed by atoms with Crippen LogP contribution in [0.3, 0.4) is 0 Å². The number of halogens is 4. The number of carbonyl (C=O) groups is 2. The molecule has 204 valence electrons. The maximum absolute atomic E-state index is 14.0. The van der Waals surface area contributed by atoms with Crippen LogP contribution in [-0.4, -0.2) is 69.4 Å². The minimum Gasteiger partial charge on any atom is -0.468 e. The van der Waals surface area contributed by atoms with E-state index in [1.807, 2.05) is 0 Å². The SMILES string of the molecule is COC(=O)CN1CN2C(c3nccs3)=N[C@@H](c3ccc(F)cc3Cl)C(c3ccn(C(F)F)n3)=C2CCOC1=O. The monoisotopic (exact) mass is 580 g/mol. The van der Waals surface area contributed by atoms with Gasteiger partial charge in [0.25, 0.3) is 0 Å². The van der Waals surface area contributed by atoms with Gasteiger partial charge in [-0.2, -0.15) is 13.9 Å². The Kier molecular flexibility index (Phi) is 7.57. The molecule has 1 amide bonds. The number of nitrogens with zero attached hydrogens (tertiary/aromatic N) is 6. The van der Waals surface area contributed by atoms with Gasteiger partial charge in [-0.3, -0.25) is 14.7 Å². The van der Waals surface area contributed by atoms with Crippen molar-refractivity contribution in [3.8, 4) is 0 Å². The Hall–Kier alpha value is -3.91. The van der Waals surface area contributed by atoms with E-state index < -0.39 is 37.0 Å². The number of amidine groups is 1. The zero-order valence-electron chi connectivity index (χ0n) is 20.3. The number of fused-ring (bicyclic) bond motifs is 1. The summed E-state index contributed by atoms with van der Waals surface area (Å²) in [7, 11) is 1.20. The highest BCUT2D eigenvalue weighted by Gasteiger charge is 2.38. The van der Waals surface area contributed by atoms with Crippen molar-refractivity contribution in [3.05, 3.63) is 74.8 Å². The zero-order chi connectivity index (χ0) is 27.7. The molecule has 4 heterocycles. The van der Waals surface area contributed by atoms with Crippen molar-refractivity contribution in [1.82, 2.24) is 24.6 Å². The van der Waals surface area contributed by atoms with Crippen molar-refractivity contribution >= 4 is 46.4 Å². The van der Waals surface area contributed by atoms with Crippen molar-refractivity contribution in [2.24, 2.45) is 4.99 Å². The number of methoxy groups -OCH3 is 1. The quantitative estimate of drug-likeness (QED) is 0.389. The Labute approximate surface area is 228 Å². The number of alkyl halides is 2. The van der Waals surface area contributed by atoms with Gasteiger partial charge in [-0.15, -0.1) is 11.3 Å². The molecule has 0 spiro atoms. The van der Waals surface area contributed by atoms with E-state index in [4.69, 9.17) is 26.1 Å². The highest BCUT2D eigenvalue weighted by molar-refractivity contribution is 7.11. The van der Waals surface area contributed by atoms with Gasteiger partial charge in [0, 0.05) is 46.1 Å². The molecule has 10 nitrogen and oxygen atoms in total. The maximum atomic E-state index is 14.0. The third-order valence-electron chi connectivity index (χ3n) is 6.06. The molecule has 2 aliphatic rings. The number of cyclic esters (lactones) is 1. The van der Waals surface area contributed by atoms with Gasteiger partial charge in [-0.25, -0.2) is 18.9 Å². The highest BCUT2D eigenvalue weighted by atomic mass is 35.5. The van der Waals surface area contributed by atoms with Crippen LogP contribution in [0.25, 0.3) is 5.57 Å². The fourth-order valence-electron chi connectivity index (χ4n) is 4.33. The van der Waals surface area contributed by atoms with E-state index in [1.165, 1.54) is 36.6 Å². The summed E-state index contributed by atoms with van der Waals surface area (Å²) in [5, 5.41) is 6.38. The molecule has 2 aliphatic heterocycles. The second kappa shape index (κ2) is 11.1. The number of aliphatic imine (C=N–C) groups is 1. The Morgan fingerprint density at radius 3 is 2.82 bits per heavy atom. The molecular weight excluding hydrogens is 561 g/mol. The predicted molar refractivity (Wildman–Crippen MR) is 135 cm³/mol. The highest BCUT2D eigenvalue weighted by Crippen LogP contribution is 2.44. The van der Waals surface area contributed by atoms with Crippen LogP contribution < -0.4 is 0 Å². The third kappa shape index (κ3) is 5.34. The first kappa shape index (κ1) is 26.7. The molecule has 15 heteroatoms. The smallest absolute Gasteiger partial charge is 0.411 e. The van der Waals surface area contributed by atoms with Crippen LogP contribution in [-0.2, 0) is 14.3 Å². The second-order valence-electron chi connectivity index (χ2n) is 8.39. The van der Waals surface area contributed by atoms with Crippen LogP contribution in [0.2, 0.25) is 5.02 Å². The van der Waals surface area contributed by atoms with Gasteiger partial charge in [0.05, 0.1) is 19.4 Å². The van der Waals surface area contributed by atoms with Crippen LogP contribution in [0.4, 0.5) is 18.0 Å². The fourth-order valence-corrected chi connectivity index (χ4v) is 5.24. The predicted octanol–water partition coefficient (Wildman–Crippen LogP) is 4.71. The average molecular weight is 581 g/mol. The summed E-state index contributed by atoms with van der Waals surface area (Å²) in [6.07, 6.45) is 2.11. The first-order valence-corrected chi connectivity index (χ1v) is 12.8. The number of aromatic nitrogens is 3. The van der Waals surface area contributed by atoms with Crippen molar-refractivity contribution in [2.75, 3.05) is 26.9 Å². The first-order chi connectivity index (χ1) is 18.8. The molecular formula is C24H20ClF3N6O4S. The standard InChI is InChI=1S/C24H20ClF3N6O4S/c1-37-18(35)11-32-12-33-17(5-8-38-24(32)36)19(16-4-7-34(31-16)23(27)28)20(14-3-2-13(26)10-15(14)25)30-21(33)22-29-6-9-39-22/h2-4,6-7,9-10,20,23H,5,8,11-12H2,1H3/t20-/m0/s1. The van der Waals surface area contributed by atoms with E-state index in [0.717, 1.165) is 17.2 Å². The average Bonchev–Trinajstić information content (AvgIpc) is 3.60. The summed E-state index contributed by atoms with van der Waals surface area (Å²) in [6, 6.07) is 4.36. The second-order valence-corrected chi connectivity index (χ2v) is 9.69. The lowest BCUT2D eigenvalue weighted by atomic mass is 9.91. The largest absolute Gasteiger partial charge is 0.468 e. The van der Waals surface area contributed by atoms with E-state index >= 15 is 0 Å². The summed E-state index contributed by atoms with van der Waals surface area (Å²) in [6.45, 7) is -3.59. The lowest BCUT2D eigenvalue weighted by Gasteiger charge is -2.40. The third-order valence-corrected chi connectivity index (χ3v) is 7.16. The number of esters is 1. The molecule has 0 saturated carbocycles. The molecule has 39 heavy (non-hydrogen) atoms. The number of rotatable bonds is 6. The van der Waals surface area contributed by atoms with Gasteiger partial charge < -0.3 is 14.4 Å². The molecule has 5 rings (SSSR count). The van der Waals surface area contributed by atoms with Crippen molar-refractivity contribution in [2.45, 2.75) is 19.0 Å². The molecule has 1 atom stereocenters. The number of ether oxygens (including phenoxy) is 2. The molecule has 0 unspecified atom stereocenters. The molecule has 0 N–H and O–H groups in total. The van der Waals surface area contributed by atoms with Gasteiger partial charge in [0.15, 0.2) is 10.8 Å². The van der Waals surface area contributed by atoms with Crippen molar-refractivity contribution in [3.63, 3.8) is 0 Å². The lowest BCUT2D eigenvalue weighted by molar-refractivity contribution is -0.141. The molecule has 0 aliphatic carbocycles. The van der Waals surface area contributed by atoms with E-state index in [2.05, 4.69) is 10.1 Å². The Bertz CT molecular complexity index is 1460. The van der Waals surface area contributed by atoms with Crippen LogP contribution in [0.5, 0.6) is 0 Å². The fraction of sp³-hybridized carbons (Fsp3) is 0.292. The maximum Gasteiger partial charge on any atom is 0.411 e. The Balaban J connectivity index is 1.73. The molecule has 0 radical (unpaired) electrons. The summed E-state index contributed by atoms with van der Waals surface area (Å²) < 4.78 is 51.6. The van der Waals surface area contributed by atoms with E-state index in [-0.39, 0.29) is 30.4 Å². The van der Waals surface area contributed by atoms with Gasteiger partial charge in [0.2, 0.25) is 0 Å². The molecule has 1 saturated heterocycles. The van der Waals surface area contributed by atoms with E-state index in [1.54, 1.807) is 16.5 Å². The minimum atomic E-state index is -2.89. The minimum absolute atomic E-state index is 0.0756. The normalized spacial score (nSPS) is 17.9. The number of thiazole rings is 1. The Morgan fingerprint density at radius 2 is 2.15 bits per heavy atom. The van der Waals surface area contributed by atoms with Crippen molar-refractivity contribution < 1.29 is 32.2 Å². The summed E-state index contributed by atoms with van der Waals surface area (Å²) >= 11 is 7.74. The number of benzene rings is 1. The van der Waals surface area contributed by atoms with Gasteiger partial charge >= 0.3 is 18.6 Å². The summed E-state index contributed by atoms with van der Waals surface area (Å²) in [4.78, 5) is 36.9. The molecule has 1 fully saturated rings. The van der Waals surface area contributed by atoms with Crippen molar-refractivity contribution in [1.29, 1.82) is 0 Å². The van der Waals surface area contributed by atoms with Gasteiger partial charge in [-0.05, 0) is 18.2 Å². The topological polar surface area (TPSA) is 102 Å². The van der Waals surface area contributed by atoms with Crippen LogP contribution in [0.1, 0.15) is 35.3 Å². The van der Waals surface area contributed by atoms with Crippen LogP contribution in [0, 0.1) is 5.82 Å². The number of amides is 1. The van der Waals surface area contributed by atoms with E-state index in [0.29, 0.717) is 32.4 Å². The lowest BCUT2D eigenvalue weighted by Crippen LogP contribution is -2.49. The summed E-state index contributed by atoms with van der Waals surface area (Å²) in [5.41, 5.74) is 1.52. The van der Waals surface area contributed by atoms with Gasteiger partial charge in [-0.1, -0.05) is 17.7 Å². The molecule has 1 aromatic carbocycles. The Morgan fingerprint density at radius 1 is 1.33 bits per heavy atom. The number of hydrogen-bond acceptors (Lipinski definition) is 9. The summed E-state index contributed by atoms with van der Waals surface area (Å²) in [5.74, 6) is -0.889. The van der Waals surface area contributed by atoms with Crippen LogP contribution in [0.15, 0.2) is 52.7 Å². The zero-order valence-corrected chi connectivity index (χ0v) is 21.8. The number of carbonyl (C=O) groups excluding carboxylic acids is 2. The first-order valence-electron chi connectivity index (χ1n) is 11.5. The molecule has 2 aromatic heterocycles. The molecule has 0 bridgehead atoms. The van der Waals surface area contributed by atoms with Crippen LogP contribution >= 0.6 is 22.9 Å². The molecule has 3 aromatic rings.